The lowest BCUT2D eigenvalue weighted by atomic mass is 10.1. The van der Waals surface area contributed by atoms with E-state index in [-0.39, 0.29) is 22.3 Å². The van der Waals surface area contributed by atoms with Gasteiger partial charge in [0.15, 0.2) is 16.6 Å². The second kappa shape index (κ2) is 9.57. The fraction of sp³-hybridized carbons (Fsp3) is 0.421. The summed E-state index contributed by atoms with van der Waals surface area (Å²) in [5.74, 6) is -2.65. The molecule has 2 aromatic rings. The maximum absolute atomic E-state index is 12.3. The summed E-state index contributed by atoms with van der Waals surface area (Å²) in [7, 11) is 0. The first-order valence-corrected chi connectivity index (χ1v) is 10.0. The number of hydrogen-bond donors (Lipinski definition) is 5. The number of nitrogens with one attached hydrogen (secondary N) is 2. The van der Waals surface area contributed by atoms with Crippen molar-refractivity contribution in [2.75, 3.05) is 18.4 Å². The van der Waals surface area contributed by atoms with Gasteiger partial charge in [-0.1, -0.05) is 0 Å². The van der Waals surface area contributed by atoms with Crippen molar-refractivity contribution in [2.45, 2.75) is 39.8 Å². The first-order chi connectivity index (χ1) is 13.6. The standard InChI is InChI=1S/C19H26N4O5S/c1-10(2)23(11(3)4)6-5-20-18(28)13-9-29-19(21-13)22-17(27)12-7-15(25)16(26)8-14(12)24/h7-11,24-26H,5-6H2,1-4H3,(H,20,28)(H,21,22,27). The Morgan fingerprint density at radius 2 is 1.66 bits per heavy atom. The molecular weight excluding hydrogens is 396 g/mol. The Hall–Kier alpha value is -2.85. The van der Waals surface area contributed by atoms with Gasteiger partial charge in [0, 0.05) is 42.7 Å². The van der Waals surface area contributed by atoms with Crippen LogP contribution in [0.4, 0.5) is 5.13 Å². The average molecular weight is 423 g/mol. The van der Waals surface area contributed by atoms with Gasteiger partial charge in [-0.15, -0.1) is 11.3 Å². The van der Waals surface area contributed by atoms with Crippen molar-refractivity contribution in [1.82, 2.24) is 15.2 Å². The van der Waals surface area contributed by atoms with Crippen molar-refractivity contribution < 1.29 is 24.9 Å². The lowest BCUT2D eigenvalue weighted by molar-refractivity contribution is 0.0934. The van der Waals surface area contributed by atoms with Crippen LogP contribution in [0.1, 0.15) is 48.5 Å². The highest BCUT2D eigenvalue weighted by Gasteiger charge is 2.18. The molecule has 5 N–H and O–H groups in total. The molecule has 0 spiro atoms. The van der Waals surface area contributed by atoms with Gasteiger partial charge in [-0.05, 0) is 27.7 Å². The van der Waals surface area contributed by atoms with Crippen molar-refractivity contribution in [3.63, 3.8) is 0 Å². The molecule has 0 aliphatic rings. The van der Waals surface area contributed by atoms with E-state index in [1.165, 1.54) is 5.38 Å². The number of carbonyl (C=O) groups is 2. The summed E-state index contributed by atoms with van der Waals surface area (Å²) in [6.07, 6.45) is 0. The molecule has 0 saturated carbocycles. The predicted molar refractivity (Wildman–Crippen MR) is 111 cm³/mol. The lowest BCUT2D eigenvalue weighted by Crippen LogP contribution is -2.42. The molecule has 158 valence electrons. The quantitative estimate of drug-likeness (QED) is 0.325. The minimum atomic E-state index is -0.733. The summed E-state index contributed by atoms with van der Waals surface area (Å²) in [5.41, 5.74) is -0.0623. The number of thiazole rings is 1. The molecule has 0 bridgehead atoms. The van der Waals surface area contributed by atoms with Gasteiger partial charge in [0.25, 0.3) is 11.8 Å². The fourth-order valence-corrected chi connectivity index (χ4v) is 3.54. The molecule has 0 atom stereocenters. The van der Waals surface area contributed by atoms with Crippen LogP contribution in [0.15, 0.2) is 17.5 Å². The smallest absolute Gasteiger partial charge is 0.270 e. The summed E-state index contributed by atoms with van der Waals surface area (Å²) in [6.45, 7) is 9.57. The minimum Gasteiger partial charge on any atom is -0.507 e. The van der Waals surface area contributed by atoms with E-state index >= 15 is 0 Å². The molecule has 2 rings (SSSR count). The van der Waals surface area contributed by atoms with Crippen molar-refractivity contribution in [3.8, 4) is 17.2 Å². The van der Waals surface area contributed by atoms with Crippen molar-refractivity contribution >= 4 is 28.3 Å². The number of aromatic nitrogens is 1. The van der Waals surface area contributed by atoms with Crippen LogP contribution in [0.25, 0.3) is 0 Å². The molecule has 29 heavy (non-hydrogen) atoms. The van der Waals surface area contributed by atoms with Crippen LogP contribution >= 0.6 is 11.3 Å². The van der Waals surface area contributed by atoms with Gasteiger partial charge in [0.05, 0.1) is 5.56 Å². The van der Waals surface area contributed by atoms with Gasteiger partial charge in [0.1, 0.15) is 11.4 Å². The first kappa shape index (κ1) is 22.4. The number of benzene rings is 1. The van der Waals surface area contributed by atoms with E-state index < -0.39 is 23.2 Å². The summed E-state index contributed by atoms with van der Waals surface area (Å²) in [5, 5.41) is 35.5. The largest absolute Gasteiger partial charge is 0.507 e. The molecule has 1 aromatic carbocycles. The van der Waals surface area contributed by atoms with Crippen molar-refractivity contribution in [2.24, 2.45) is 0 Å². The number of rotatable bonds is 8. The van der Waals surface area contributed by atoms with Gasteiger partial charge in [0.2, 0.25) is 0 Å². The molecular formula is C19H26N4O5S. The Kier molecular flexibility index (Phi) is 7.40. The molecule has 0 unspecified atom stereocenters. The van der Waals surface area contributed by atoms with Gasteiger partial charge in [-0.25, -0.2) is 4.98 Å². The van der Waals surface area contributed by atoms with Crippen LogP contribution in [0.2, 0.25) is 0 Å². The molecule has 0 saturated heterocycles. The summed E-state index contributed by atoms with van der Waals surface area (Å²) in [6, 6.07) is 2.53. The Balaban J connectivity index is 1.96. The average Bonchev–Trinajstić information content (AvgIpc) is 3.09. The van der Waals surface area contributed by atoms with Crippen LogP contribution in [-0.4, -0.2) is 62.2 Å². The summed E-state index contributed by atoms with van der Waals surface area (Å²) < 4.78 is 0. The number of aromatic hydroxyl groups is 3. The molecule has 0 radical (unpaired) electrons. The number of nitrogens with zero attached hydrogens (tertiary/aromatic N) is 2. The Morgan fingerprint density at radius 1 is 1.03 bits per heavy atom. The summed E-state index contributed by atoms with van der Waals surface area (Å²) in [4.78, 5) is 30.9. The van der Waals surface area contributed by atoms with E-state index in [2.05, 4.69) is 48.2 Å². The van der Waals surface area contributed by atoms with Gasteiger partial charge < -0.3 is 20.6 Å². The Morgan fingerprint density at radius 3 is 2.28 bits per heavy atom. The van der Waals surface area contributed by atoms with E-state index in [9.17, 15) is 24.9 Å². The zero-order valence-electron chi connectivity index (χ0n) is 16.8. The highest BCUT2D eigenvalue weighted by Crippen LogP contribution is 2.32. The third kappa shape index (κ3) is 5.81. The number of amides is 2. The lowest BCUT2D eigenvalue weighted by Gasteiger charge is -2.30. The first-order valence-electron chi connectivity index (χ1n) is 9.16. The molecule has 10 heteroatoms. The van der Waals surface area contributed by atoms with E-state index in [0.717, 1.165) is 23.5 Å². The zero-order valence-corrected chi connectivity index (χ0v) is 17.6. The van der Waals surface area contributed by atoms with Crippen LogP contribution in [0.3, 0.4) is 0 Å². The molecule has 0 aliphatic carbocycles. The minimum absolute atomic E-state index is 0.165. The fourth-order valence-electron chi connectivity index (χ4n) is 2.85. The molecule has 9 nitrogen and oxygen atoms in total. The maximum Gasteiger partial charge on any atom is 0.270 e. The number of phenolic OH excluding ortho intramolecular Hbond substituents is 3. The third-order valence-corrected chi connectivity index (χ3v) is 5.03. The summed E-state index contributed by atoms with van der Waals surface area (Å²) >= 11 is 1.06. The maximum atomic E-state index is 12.3. The van der Waals surface area contributed by atoms with E-state index in [1.54, 1.807) is 0 Å². The monoisotopic (exact) mass is 422 g/mol. The number of carbonyl (C=O) groups excluding carboxylic acids is 2. The number of phenols is 3. The molecule has 0 aliphatic heterocycles. The zero-order chi connectivity index (χ0) is 21.7. The van der Waals surface area contributed by atoms with Gasteiger partial charge in [-0.3, -0.25) is 19.8 Å². The SMILES string of the molecule is CC(C)N(CCNC(=O)c1csc(NC(=O)c2cc(O)c(O)cc2O)n1)C(C)C. The van der Waals surface area contributed by atoms with Crippen molar-refractivity contribution in [1.29, 1.82) is 0 Å². The number of anilines is 1. The topological polar surface area (TPSA) is 135 Å². The van der Waals surface area contributed by atoms with Crippen LogP contribution in [-0.2, 0) is 0 Å². The Labute approximate surface area is 173 Å². The van der Waals surface area contributed by atoms with E-state index in [0.29, 0.717) is 25.2 Å². The second-order valence-corrected chi connectivity index (χ2v) is 7.89. The number of hydrogen-bond acceptors (Lipinski definition) is 8. The Bertz CT molecular complexity index is 873. The predicted octanol–water partition coefficient (Wildman–Crippen LogP) is 2.36. The van der Waals surface area contributed by atoms with Gasteiger partial charge >= 0.3 is 0 Å². The third-order valence-electron chi connectivity index (χ3n) is 4.28. The van der Waals surface area contributed by atoms with Crippen LogP contribution < -0.4 is 10.6 Å². The molecule has 1 heterocycles. The molecule has 1 aromatic heterocycles. The van der Waals surface area contributed by atoms with Crippen molar-refractivity contribution in [3.05, 3.63) is 28.8 Å². The second-order valence-electron chi connectivity index (χ2n) is 7.03. The highest BCUT2D eigenvalue weighted by atomic mass is 32.1. The highest BCUT2D eigenvalue weighted by molar-refractivity contribution is 7.14. The van der Waals surface area contributed by atoms with Crippen LogP contribution in [0.5, 0.6) is 17.2 Å². The van der Waals surface area contributed by atoms with E-state index in [1.807, 2.05) is 0 Å². The van der Waals surface area contributed by atoms with E-state index in [4.69, 9.17) is 0 Å². The normalized spacial score (nSPS) is 11.3. The van der Waals surface area contributed by atoms with Gasteiger partial charge in [-0.2, -0.15) is 0 Å². The van der Waals surface area contributed by atoms with Crippen LogP contribution in [0, 0.1) is 0 Å². The molecule has 2 amide bonds. The molecule has 0 fully saturated rings.